The fourth-order valence-corrected chi connectivity index (χ4v) is 2.10. The summed E-state index contributed by atoms with van der Waals surface area (Å²) in [6.07, 6.45) is 2.06. The summed E-state index contributed by atoms with van der Waals surface area (Å²) >= 11 is 0. The Morgan fingerprint density at radius 2 is 1.83 bits per heavy atom. The van der Waals surface area contributed by atoms with Gasteiger partial charge < -0.3 is 5.73 Å². The van der Waals surface area contributed by atoms with Crippen LogP contribution in [0.25, 0.3) is 0 Å². The molecule has 1 aromatic carbocycles. The molecule has 2 N–H and O–H groups in total. The second-order valence-electron chi connectivity index (χ2n) is 5.64. The molecule has 0 spiro atoms. The minimum absolute atomic E-state index is 0.0383. The van der Waals surface area contributed by atoms with Crippen LogP contribution in [-0.4, -0.2) is 9.78 Å². The molecule has 3 heteroatoms. The van der Waals surface area contributed by atoms with Crippen LogP contribution in [0.15, 0.2) is 36.5 Å². The Kier molecular flexibility index (Phi) is 3.53. The molecule has 0 aliphatic heterocycles. The van der Waals surface area contributed by atoms with Crippen molar-refractivity contribution in [1.29, 1.82) is 0 Å². The Bertz CT molecular complexity index is 506. The zero-order chi connectivity index (χ0) is 13.2. The summed E-state index contributed by atoms with van der Waals surface area (Å²) < 4.78 is 1.98. The smallest absolute Gasteiger partial charge is 0.0722 e. The van der Waals surface area contributed by atoms with Gasteiger partial charge in [-0.2, -0.15) is 5.10 Å². The Balaban J connectivity index is 2.28. The van der Waals surface area contributed by atoms with Crippen LogP contribution in [0.3, 0.4) is 0 Å². The van der Waals surface area contributed by atoms with E-state index in [1.807, 2.05) is 22.9 Å². The van der Waals surface area contributed by atoms with Crippen LogP contribution in [-0.2, 0) is 18.5 Å². The van der Waals surface area contributed by atoms with Gasteiger partial charge in [-0.05, 0) is 5.56 Å². The zero-order valence-corrected chi connectivity index (χ0v) is 11.4. The Morgan fingerprint density at radius 1 is 1.17 bits per heavy atom. The lowest BCUT2D eigenvalue weighted by atomic mass is 9.90. The van der Waals surface area contributed by atoms with Crippen LogP contribution in [0, 0.1) is 0 Å². The number of hydrogen-bond acceptors (Lipinski definition) is 2. The van der Waals surface area contributed by atoms with Crippen molar-refractivity contribution in [1.82, 2.24) is 9.78 Å². The molecule has 1 heterocycles. The second-order valence-corrected chi connectivity index (χ2v) is 5.64. The summed E-state index contributed by atoms with van der Waals surface area (Å²) in [7, 11) is 0. The maximum Gasteiger partial charge on any atom is 0.0722 e. The van der Waals surface area contributed by atoms with Gasteiger partial charge in [0.2, 0.25) is 0 Å². The highest BCUT2D eigenvalue weighted by atomic mass is 15.3. The number of nitrogens with zero attached hydrogens (tertiary/aromatic N) is 2. The molecule has 0 bridgehead atoms. The first kappa shape index (κ1) is 12.8. The molecule has 0 fully saturated rings. The van der Waals surface area contributed by atoms with Crippen molar-refractivity contribution in [2.75, 3.05) is 0 Å². The van der Waals surface area contributed by atoms with E-state index in [-0.39, 0.29) is 5.41 Å². The monoisotopic (exact) mass is 243 g/mol. The van der Waals surface area contributed by atoms with Gasteiger partial charge in [0.15, 0.2) is 0 Å². The van der Waals surface area contributed by atoms with E-state index in [1.165, 1.54) is 5.56 Å². The third kappa shape index (κ3) is 2.79. The molecule has 0 unspecified atom stereocenters. The molecule has 0 saturated carbocycles. The fraction of sp³-hybridized carbons (Fsp3) is 0.400. The van der Waals surface area contributed by atoms with Crippen LogP contribution in [0.5, 0.6) is 0 Å². The molecule has 2 aromatic rings. The predicted molar refractivity (Wildman–Crippen MR) is 74.4 cm³/mol. The number of nitrogens with two attached hydrogens (primary N) is 1. The van der Waals surface area contributed by atoms with E-state index >= 15 is 0 Å². The van der Waals surface area contributed by atoms with Crippen LogP contribution >= 0.6 is 0 Å². The highest BCUT2D eigenvalue weighted by Gasteiger charge is 2.21. The molecule has 0 aliphatic rings. The van der Waals surface area contributed by atoms with E-state index in [0.29, 0.717) is 6.54 Å². The minimum Gasteiger partial charge on any atom is -0.326 e. The van der Waals surface area contributed by atoms with Crippen molar-refractivity contribution in [3.63, 3.8) is 0 Å². The lowest BCUT2D eigenvalue weighted by Crippen LogP contribution is -2.16. The van der Waals surface area contributed by atoms with Crippen molar-refractivity contribution in [2.45, 2.75) is 39.3 Å². The van der Waals surface area contributed by atoms with Gasteiger partial charge in [0.25, 0.3) is 0 Å². The van der Waals surface area contributed by atoms with Gasteiger partial charge in [0.1, 0.15) is 0 Å². The van der Waals surface area contributed by atoms with Crippen molar-refractivity contribution < 1.29 is 0 Å². The molecule has 2 rings (SSSR count). The molecule has 1 aromatic heterocycles. The third-order valence-electron chi connectivity index (χ3n) is 2.96. The maximum absolute atomic E-state index is 5.80. The van der Waals surface area contributed by atoms with E-state index < -0.39 is 0 Å². The van der Waals surface area contributed by atoms with Gasteiger partial charge in [-0.1, -0.05) is 51.1 Å². The first-order chi connectivity index (χ1) is 8.50. The van der Waals surface area contributed by atoms with Gasteiger partial charge in [-0.25, -0.2) is 0 Å². The molecule has 0 amide bonds. The highest BCUT2D eigenvalue weighted by molar-refractivity contribution is 5.24. The Morgan fingerprint density at radius 3 is 2.33 bits per heavy atom. The third-order valence-corrected chi connectivity index (χ3v) is 2.96. The number of rotatable bonds is 3. The average Bonchev–Trinajstić information content (AvgIpc) is 2.73. The largest absolute Gasteiger partial charge is 0.326 e. The van der Waals surface area contributed by atoms with E-state index in [1.54, 1.807) is 0 Å². The van der Waals surface area contributed by atoms with E-state index in [2.05, 4.69) is 44.2 Å². The van der Waals surface area contributed by atoms with Gasteiger partial charge in [0, 0.05) is 23.7 Å². The van der Waals surface area contributed by atoms with Crippen molar-refractivity contribution in [3.05, 3.63) is 53.3 Å². The van der Waals surface area contributed by atoms with Gasteiger partial charge in [-0.3, -0.25) is 4.68 Å². The van der Waals surface area contributed by atoms with Gasteiger partial charge in [-0.15, -0.1) is 0 Å². The van der Waals surface area contributed by atoms with Crippen LogP contribution in [0.1, 0.15) is 37.6 Å². The molecule has 18 heavy (non-hydrogen) atoms. The molecule has 0 aliphatic carbocycles. The summed E-state index contributed by atoms with van der Waals surface area (Å²) in [4.78, 5) is 0. The normalized spacial score (nSPS) is 11.8. The maximum atomic E-state index is 5.80. The average molecular weight is 243 g/mol. The lowest BCUT2D eigenvalue weighted by molar-refractivity contribution is 0.541. The van der Waals surface area contributed by atoms with Crippen LogP contribution in [0.4, 0.5) is 0 Å². The summed E-state index contributed by atoms with van der Waals surface area (Å²) in [6, 6.07) is 10.3. The number of aromatic nitrogens is 2. The van der Waals surface area contributed by atoms with Crippen molar-refractivity contribution in [2.24, 2.45) is 5.73 Å². The van der Waals surface area contributed by atoms with Gasteiger partial charge in [0.05, 0.1) is 12.2 Å². The molecular formula is C15H21N3. The lowest BCUT2D eigenvalue weighted by Gasteiger charge is -2.16. The van der Waals surface area contributed by atoms with Crippen LogP contribution < -0.4 is 5.73 Å². The van der Waals surface area contributed by atoms with Crippen molar-refractivity contribution >= 4 is 0 Å². The summed E-state index contributed by atoms with van der Waals surface area (Å²) in [5.41, 5.74) is 9.33. The highest BCUT2D eigenvalue weighted by Crippen LogP contribution is 2.24. The summed E-state index contributed by atoms with van der Waals surface area (Å²) in [5.74, 6) is 0. The number of hydrogen-bond donors (Lipinski definition) is 1. The van der Waals surface area contributed by atoms with Crippen LogP contribution in [0.2, 0.25) is 0 Å². The SMILES string of the molecule is CC(C)(C)c1nn(Cc2ccccc2)cc1CN. The van der Waals surface area contributed by atoms with E-state index in [9.17, 15) is 0 Å². The van der Waals surface area contributed by atoms with Crippen molar-refractivity contribution in [3.8, 4) is 0 Å². The standard InChI is InChI=1S/C15H21N3/c1-15(2,3)14-13(9-16)11-18(17-14)10-12-7-5-4-6-8-12/h4-8,11H,9-10,16H2,1-3H3. The first-order valence-electron chi connectivity index (χ1n) is 6.31. The van der Waals surface area contributed by atoms with E-state index in [0.717, 1.165) is 17.8 Å². The topological polar surface area (TPSA) is 43.8 Å². The Labute approximate surface area is 109 Å². The molecular weight excluding hydrogens is 222 g/mol. The fourth-order valence-electron chi connectivity index (χ4n) is 2.10. The summed E-state index contributed by atoms with van der Waals surface area (Å²) in [6.45, 7) is 7.84. The van der Waals surface area contributed by atoms with Gasteiger partial charge >= 0.3 is 0 Å². The molecule has 96 valence electrons. The molecule has 0 saturated heterocycles. The first-order valence-corrected chi connectivity index (χ1v) is 6.31. The predicted octanol–water partition coefficient (Wildman–Crippen LogP) is 2.69. The second kappa shape index (κ2) is 4.94. The zero-order valence-electron chi connectivity index (χ0n) is 11.4. The Hall–Kier alpha value is -1.61. The quantitative estimate of drug-likeness (QED) is 0.900. The number of benzene rings is 1. The molecule has 0 atom stereocenters. The van der Waals surface area contributed by atoms with E-state index in [4.69, 9.17) is 5.73 Å². The summed E-state index contributed by atoms with van der Waals surface area (Å²) in [5, 5.41) is 4.68. The molecule has 0 radical (unpaired) electrons. The molecule has 3 nitrogen and oxygen atoms in total. The minimum atomic E-state index is 0.0383.